The Labute approximate surface area is 125 Å². The quantitative estimate of drug-likeness (QED) is 0.597. The van der Waals surface area contributed by atoms with Gasteiger partial charge in [0.25, 0.3) is 0 Å². The summed E-state index contributed by atoms with van der Waals surface area (Å²) in [6, 6.07) is 5.97. The molecule has 1 aliphatic carbocycles. The highest BCUT2D eigenvalue weighted by atomic mass is 16.6. The van der Waals surface area contributed by atoms with Crippen LogP contribution in [0.25, 0.3) is 0 Å². The first-order valence-corrected chi connectivity index (χ1v) is 7.52. The van der Waals surface area contributed by atoms with Crippen LogP contribution in [0, 0.1) is 10.1 Å². The Morgan fingerprint density at radius 2 is 2.00 bits per heavy atom. The number of nitro benzene ring substituents is 1. The molecule has 2 rings (SSSR count). The molecule has 0 saturated heterocycles. The molecule has 0 heterocycles. The maximum atomic E-state index is 11.2. The van der Waals surface area contributed by atoms with Crippen LogP contribution in [0.5, 0.6) is 0 Å². The molecule has 6 heteroatoms. The van der Waals surface area contributed by atoms with Gasteiger partial charge in [-0.25, -0.2) is 0 Å². The summed E-state index contributed by atoms with van der Waals surface area (Å²) in [5.74, 6) is 0. The van der Waals surface area contributed by atoms with Gasteiger partial charge in [-0.3, -0.25) is 10.1 Å². The van der Waals surface area contributed by atoms with Crippen LogP contribution in [-0.4, -0.2) is 43.0 Å². The van der Waals surface area contributed by atoms with Crippen LogP contribution < -0.4 is 10.6 Å². The molecular weight excluding hydrogens is 268 g/mol. The predicted octanol–water partition coefficient (Wildman–Crippen LogP) is 2.92. The van der Waals surface area contributed by atoms with Crippen molar-refractivity contribution in [2.75, 3.05) is 37.8 Å². The van der Waals surface area contributed by atoms with E-state index in [2.05, 4.69) is 22.6 Å². The van der Waals surface area contributed by atoms with Crippen LogP contribution in [0.1, 0.15) is 25.7 Å². The van der Waals surface area contributed by atoms with Gasteiger partial charge in [-0.1, -0.05) is 18.9 Å². The first-order chi connectivity index (χ1) is 10.1. The summed E-state index contributed by atoms with van der Waals surface area (Å²) in [5.41, 5.74) is 1.23. The lowest BCUT2D eigenvalue weighted by Crippen LogP contribution is -2.33. The van der Waals surface area contributed by atoms with E-state index in [1.807, 2.05) is 6.07 Å². The Balaban J connectivity index is 1.95. The number of nitrogens with zero attached hydrogens (tertiary/aromatic N) is 2. The molecule has 0 aliphatic heterocycles. The van der Waals surface area contributed by atoms with Crippen LogP contribution in [0.2, 0.25) is 0 Å². The number of hydrogen-bond donors (Lipinski definition) is 2. The van der Waals surface area contributed by atoms with E-state index in [0.29, 0.717) is 24.0 Å². The summed E-state index contributed by atoms with van der Waals surface area (Å²) < 4.78 is 0. The number of hydrogen-bond acceptors (Lipinski definition) is 5. The van der Waals surface area contributed by atoms with Gasteiger partial charge in [-0.05, 0) is 32.0 Å². The summed E-state index contributed by atoms with van der Waals surface area (Å²) >= 11 is 0. The van der Waals surface area contributed by atoms with Crippen molar-refractivity contribution in [3.8, 4) is 0 Å². The number of para-hydroxylation sites is 1. The van der Waals surface area contributed by atoms with Crippen LogP contribution in [0.4, 0.5) is 17.1 Å². The van der Waals surface area contributed by atoms with Crippen LogP contribution >= 0.6 is 0 Å². The molecule has 1 saturated carbocycles. The largest absolute Gasteiger partial charge is 0.382 e. The molecule has 1 aromatic rings. The van der Waals surface area contributed by atoms with Gasteiger partial charge in [0, 0.05) is 26.2 Å². The monoisotopic (exact) mass is 292 g/mol. The molecule has 0 radical (unpaired) electrons. The highest BCUT2D eigenvalue weighted by Crippen LogP contribution is 2.32. The van der Waals surface area contributed by atoms with E-state index in [9.17, 15) is 10.1 Å². The predicted molar refractivity (Wildman–Crippen MR) is 86.0 cm³/mol. The van der Waals surface area contributed by atoms with Crippen LogP contribution in [0.15, 0.2) is 18.2 Å². The van der Waals surface area contributed by atoms with Gasteiger partial charge in [0.05, 0.1) is 4.92 Å². The Kier molecular flexibility index (Phi) is 5.38. The molecule has 0 amide bonds. The third-order valence-corrected chi connectivity index (χ3v) is 4.22. The first kappa shape index (κ1) is 15.6. The summed E-state index contributed by atoms with van der Waals surface area (Å²) in [5, 5.41) is 17.3. The molecular formula is C15H24N4O2. The maximum Gasteiger partial charge on any atom is 0.315 e. The highest BCUT2D eigenvalue weighted by Gasteiger charge is 2.20. The van der Waals surface area contributed by atoms with Crippen LogP contribution in [-0.2, 0) is 0 Å². The minimum absolute atomic E-state index is 0.114. The van der Waals surface area contributed by atoms with Crippen molar-refractivity contribution in [2.24, 2.45) is 0 Å². The smallest absolute Gasteiger partial charge is 0.315 e. The molecule has 0 spiro atoms. The van der Waals surface area contributed by atoms with Gasteiger partial charge in [-0.15, -0.1) is 0 Å². The fourth-order valence-corrected chi connectivity index (χ4v) is 2.98. The zero-order chi connectivity index (χ0) is 15.2. The van der Waals surface area contributed by atoms with E-state index in [1.165, 1.54) is 25.7 Å². The number of likely N-dealkylation sites (N-methyl/N-ethyl adjacent to an activating group) is 1. The van der Waals surface area contributed by atoms with Crippen molar-refractivity contribution in [1.82, 2.24) is 4.90 Å². The van der Waals surface area contributed by atoms with E-state index in [0.717, 1.165) is 6.54 Å². The Morgan fingerprint density at radius 1 is 1.33 bits per heavy atom. The van der Waals surface area contributed by atoms with Crippen molar-refractivity contribution in [3.05, 3.63) is 28.3 Å². The first-order valence-electron chi connectivity index (χ1n) is 7.52. The molecule has 0 unspecified atom stereocenters. The Morgan fingerprint density at radius 3 is 2.62 bits per heavy atom. The third-order valence-electron chi connectivity index (χ3n) is 4.22. The number of nitrogens with one attached hydrogen (secondary N) is 2. The average Bonchev–Trinajstić information content (AvgIpc) is 3.00. The van der Waals surface area contributed by atoms with Crippen molar-refractivity contribution in [2.45, 2.75) is 31.7 Å². The molecule has 2 N–H and O–H groups in total. The molecule has 0 bridgehead atoms. The Bertz CT molecular complexity index is 487. The van der Waals surface area contributed by atoms with E-state index < -0.39 is 0 Å². The van der Waals surface area contributed by atoms with Gasteiger partial charge < -0.3 is 15.5 Å². The second kappa shape index (κ2) is 7.26. The van der Waals surface area contributed by atoms with Gasteiger partial charge in [0.1, 0.15) is 11.4 Å². The molecule has 116 valence electrons. The van der Waals surface area contributed by atoms with E-state index >= 15 is 0 Å². The van der Waals surface area contributed by atoms with Gasteiger partial charge in [0.15, 0.2) is 0 Å². The molecule has 21 heavy (non-hydrogen) atoms. The lowest BCUT2D eigenvalue weighted by Gasteiger charge is -2.24. The van der Waals surface area contributed by atoms with Crippen molar-refractivity contribution in [3.63, 3.8) is 0 Å². The lowest BCUT2D eigenvalue weighted by atomic mass is 10.2. The topological polar surface area (TPSA) is 70.4 Å². The summed E-state index contributed by atoms with van der Waals surface area (Å²) in [6.07, 6.45) is 5.17. The van der Waals surface area contributed by atoms with Crippen molar-refractivity contribution >= 4 is 17.1 Å². The number of nitro groups is 1. The highest BCUT2D eigenvalue weighted by molar-refractivity contribution is 5.75. The number of anilines is 2. The molecule has 1 fully saturated rings. The van der Waals surface area contributed by atoms with Gasteiger partial charge >= 0.3 is 5.69 Å². The van der Waals surface area contributed by atoms with E-state index in [-0.39, 0.29) is 10.6 Å². The minimum atomic E-state index is -0.338. The fraction of sp³-hybridized carbons (Fsp3) is 0.600. The normalized spacial score (nSPS) is 15.4. The molecule has 6 nitrogen and oxygen atoms in total. The lowest BCUT2D eigenvalue weighted by molar-refractivity contribution is -0.383. The fourth-order valence-electron chi connectivity index (χ4n) is 2.98. The van der Waals surface area contributed by atoms with Crippen molar-refractivity contribution in [1.29, 1.82) is 0 Å². The average molecular weight is 292 g/mol. The summed E-state index contributed by atoms with van der Waals surface area (Å²) in [4.78, 5) is 13.2. The maximum absolute atomic E-state index is 11.2. The SMILES string of the molecule is CNc1cccc(NCCN(C)C2CCCC2)c1[N+](=O)[O-]. The van der Waals surface area contributed by atoms with Gasteiger partial charge in [0.2, 0.25) is 0 Å². The second-order valence-corrected chi connectivity index (χ2v) is 5.55. The van der Waals surface area contributed by atoms with Gasteiger partial charge in [-0.2, -0.15) is 0 Å². The van der Waals surface area contributed by atoms with Crippen molar-refractivity contribution < 1.29 is 4.92 Å². The standard InChI is InChI=1S/C15H24N4O2/c1-16-13-8-5-9-14(15(13)19(20)21)17-10-11-18(2)12-6-3-4-7-12/h5,8-9,12,16-17H,3-4,6-7,10-11H2,1-2H3. The molecule has 1 aliphatic rings. The molecule has 0 aromatic heterocycles. The zero-order valence-electron chi connectivity index (χ0n) is 12.8. The summed E-state index contributed by atoms with van der Waals surface area (Å²) in [7, 11) is 3.83. The number of benzene rings is 1. The van der Waals surface area contributed by atoms with E-state index in [4.69, 9.17) is 0 Å². The minimum Gasteiger partial charge on any atom is -0.382 e. The summed E-state index contributed by atoms with van der Waals surface area (Å²) in [6.45, 7) is 1.60. The second-order valence-electron chi connectivity index (χ2n) is 5.55. The zero-order valence-corrected chi connectivity index (χ0v) is 12.8. The van der Waals surface area contributed by atoms with Crippen LogP contribution in [0.3, 0.4) is 0 Å². The molecule has 1 aromatic carbocycles. The number of rotatable bonds is 7. The molecule has 0 atom stereocenters. The third kappa shape index (κ3) is 3.85. The Hall–Kier alpha value is -1.82. The van der Waals surface area contributed by atoms with E-state index in [1.54, 1.807) is 19.2 Å².